The van der Waals surface area contributed by atoms with Crippen LogP contribution in [-0.2, 0) is 0 Å². The van der Waals surface area contributed by atoms with Crippen molar-refractivity contribution in [3.63, 3.8) is 0 Å². The van der Waals surface area contributed by atoms with Crippen molar-refractivity contribution >= 4 is 28.7 Å². The number of rotatable bonds is 1. The van der Waals surface area contributed by atoms with E-state index >= 15 is 0 Å². The Labute approximate surface area is 75.9 Å². The van der Waals surface area contributed by atoms with Crippen LogP contribution in [0.5, 0.6) is 0 Å². The Balaban J connectivity index is 2.77. The molecule has 1 N–H and O–H groups in total. The van der Waals surface area contributed by atoms with E-state index in [-0.39, 0.29) is 10.8 Å². The van der Waals surface area contributed by atoms with Gasteiger partial charge in [0.15, 0.2) is 5.52 Å². The van der Waals surface area contributed by atoms with Crippen LogP contribution in [0.3, 0.4) is 0 Å². The van der Waals surface area contributed by atoms with Crippen molar-refractivity contribution in [1.82, 2.24) is 19.9 Å². The third kappa shape index (κ3) is 1.18. The lowest BCUT2D eigenvalue weighted by Gasteiger charge is -1.90. The van der Waals surface area contributed by atoms with Gasteiger partial charge >= 0.3 is 5.95 Å². The van der Waals surface area contributed by atoms with Crippen LogP contribution in [0, 0.1) is 10.1 Å². The maximum atomic E-state index is 10.3. The lowest BCUT2D eigenvalue weighted by Crippen LogP contribution is -1.96. The van der Waals surface area contributed by atoms with Crippen LogP contribution in [0.4, 0.5) is 5.95 Å². The predicted molar refractivity (Wildman–Crippen MR) is 43.3 cm³/mol. The van der Waals surface area contributed by atoms with Gasteiger partial charge in [-0.15, -0.1) is 0 Å². The summed E-state index contributed by atoms with van der Waals surface area (Å²) >= 11 is 5.62. The minimum Gasteiger partial charge on any atom is -0.390 e. The summed E-state index contributed by atoms with van der Waals surface area (Å²) in [7, 11) is 0. The molecule has 0 saturated heterocycles. The quantitative estimate of drug-likeness (QED) is 0.418. The maximum absolute atomic E-state index is 10.3. The molecule has 0 amide bonds. The number of nitrogens with one attached hydrogen (secondary N) is 1. The highest BCUT2D eigenvalue weighted by Crippen LogP contribution is 2.18. The maximum Gasteiger partial charge on any atom is 0.472 e. The van der Waals surface area contributed by atoms with Gasteiger partial charge in [0, 0.05) is 0 Å². The number of imidazole rings is 1. The molecule has 0 aliphatic heterocycles. The number of nitrogens with zero attached hydrogens (tertiary/aromatic N) is 4. The van der Waals surface area contributed by atoms with Gasteiger partial charge in [0.2, 0.25) is 5.15 Å². The molecule has 0 fully saturated rings. The van der Waals surface area contributed by atoms with E-state index in [1.165, 1.54) is 6.33 Å². The zero-order valence-corrected chi connectivity index (χ0v) is 6.82. The van der Waals surface area contributed by atoms with Crippen molar-refractivity contribution in [1.29, 1.82) is 0 Å². The van der Waals surface area contributed by atoms with Gasteiger partial charge in [-0.25, -0.2) is 4.98 Å². The number of hydrogen-bond donors (Lipinski definition) is 1. The Morgan fingerprint density at radius 1 is 1.54 bits per heavy atom. The molecule has 8 heteroatoms. The molecule has 2 aromatic rings. The van der Waals surface area contributed by atoms with Crippen LogP contribution < -0.4 is 0 Å². The fourth-order valence-corrected chi connectivity index (χ4v) is 1.08. The monoisotopic (exact) mass is 199 g/mol. The average molecular weight is 200 g/mol. The molecule has 66 valence electrons. The molecule has 0 atom stereocenters. The van der Waals surface area contributed by atoms with Crippen molar-refractivity contribution in [2.45, 2.75) is 0 Å². The van der Waals surface area contributed by atoms with Crippen molar-refractivity contribution in [3.8, 4) is 0 Å². The first-order chi connectivity index (χ1) is 6.18. The van der Waals surface area contributed by atoms with E-state index in [9.17, 15) is 10.1 Å². The van der Waals surface area contributed by atoms with Crippen LogP contribution in [0.1, 0.15) is 0 Å². The molecule has 0 unspecified atom stereocenters. The second kappa shape index (κ2) is 2.63. The summed E-state index contributed by atoms with van der Waals surface area (Å²) in [5.74, 6) is -0.551. The number of hydrogen-bond acceptors (Lipinski definition) is 5. The van der Waals surface area contributed by atoms with E-state index in [0.29, 0.717) is 5.52 Å². The van der Waals surface area contributed by atoms with Crippen molar-refractivity contribution < 1.29 is 4.92 Å². The zero-order valence-electron chi connectivity index (χ0n) is 6.06. The Morgan fingerprint density at radius 3 is 3.00 bits per heavy atom. The van der Waals surface area contributed by atoms with Crippen LogP contribution in [-0.4, -0.2) is 24.9 Å². The highest BCUT2D eigenvalue weighted by Gasteiger charge is 2.17. The summed E-state index contributed by atoms with van der Waals surface area (Å²) in [6, 6.07) is 0. The molecule has 0 aliphatic rings. The molecule has 2 rings (SSSR count). The number of nitro groups is 1. The highest BCUT2D eigenvalue weighted by atomic mass is 35.5. The Kier molecular flexibility index (Phi) is 1.59. The van der Waals surface area contributed by atoms with Gasteiger partial charge in [0.05, 0.1) is 6.33 Å². The number of aromatic nitrogens is 4. The summed E-state index contributed by atoms with van der Waals surface area (Å²) in [5.41, 5.74) is 0.582. The third-order valence-electron chi connectivity index (χ3n) is 1.39. The minimum atomic E-state index is -0.722. The molecule has 0 aromatic carbocycles. The predicted octanol–water partition coefficient (Wildman–Crippen LogP) is 0.914. The van der Waals surface area contributed by atoms with Gasteiger partial charge in [-0.3, -0.25) is 0 Å². The van der Waals surface area contributed by atoms with E-state index in [4.69, 9.17) is 11.6 Å². The molecule has 2 aromatic heterocycles. The van der Waals surface area contributed by atoms with Gasteiger partial charge in [0.25, 0.3) is 5.65 Å². The molecular formula is C5H2ClN5O2. The van der Waals surface area contributed by atoms with E-state index in [1.807, 2.05) is 0 Å². The van der Waals surface area contributed by atoms with Crippen molar-refractivity contribution in [2.24, 2.45) is 0 Å². The molecule has 0 saturated carbocycles. The van der Waals surface area contributed by atoms with Gasteiger partial charge in [-0.2, -0.15) is 0 Å². The van der Waals surface area contributed by atoms with Crippen LogP contribution in [0.25, 0.3) is 11.2 Å². The molecule has 0 spiro atoms. The molecule has 13 heavy (non-hydrogen) atoms. The number of aromatic amines is 1. The first-order valence-electron chi connectivity index (χ1n) is 3.19. The van der Waals surface area contributed by atoms with Gasteiger partial charge in [-0.05, 0) is 21.5 Å². The fraction of sp³-hybridized carbons (Fsp3) is 0. The van der Waals surface area contributed by atoms with Crippen LogP contribution in [0.15, 0.2) is 6.33 Å². The van der Waals surface area contributed by atoms with E-state index in [2.05, 4.69) is 19.9 Å². The summed E-state index contributed by atoms with van der Waals surface area (Å²) in [6.45, 7) is 0. The van der Waals surface area contributed by atoms with E-state index in [1.54, 1.807) is 0 Å². The number of halogens is 1. The summed E-state index contributed by atoms with van der Waals surface area (Å²) in [4.78, 5) is 23.0. The average Bonchev–Trinajstić information content (AvgIpc) is 2.51. The van der Waals surface area contributed by atoms with Gasteiger partial charge in [0.1, 0.15) is 0 Å². The first kappa shape index (κ1) is 7.87. The summed E-state index contributed by atoms with van der Waals surface area (Å²) in [6.07, 6.45) is 1.34. The third-order valence-corrected chi connectivity index (χ3v) is 1.67. The SMILES string of the molecule is O=[N+]([O-])c1nc(Cl)c2[nH]cnc2n1. The Bertz CT molecular complexity index is 481. The van der Waals surface area contributed by atoms with Gasteiger partial charge in [-0.1, -0.05) is 4.98 Å². The molecule has 0 aliphatic carbocycles. The summed E-state index contributed by atoms with van der Waals surface area (Å²) < 4.78 is 0. The standard InChI is InChI=1S/C5H2ClN5O2/c6-3-2-4(8-1-7-2)10-5(9-3)11(12)13/h1H,(H,7,8,9,10). The number of H-pyrrole nitrogens is 1. The zero-order chi connectivity index (χ0) is 9.42. The molecular weight excluding hydrogens is 198 g/mol. The Morgan fingerprint density at radius 2 is 2.31 bits per heavy atom. The van der Waals surface area contributed by atoms with Gasteiger partial charge < -0.3 is 15.1 Å². The van der Waals surface area contributed by atoms with Crippen LogP contribution in [0.2, 0.25) is 5.15 Å². The normalized spacial score (nSPS) is 10.5. The number of fused-ring (bicyclic) bond motifs is 1. The Hall–Kier alpha value is -1.76. The van der Waals surface area contributed by atoms with Crippen LogP contribution >= 0.6 is 11.6 Å². The first-order valence-corrected chi connectivity index (χ1v) is 3.57. The van der Waals surface area contributed by atoms with E-state index < -0.39 is 10.9 Å². The topological polar surface area (TPSA) is 97.6 Å². The van der Waals surface area contributed by atoms with E-state index in [0.717, 1.165) is 0 Å². The smallest absolute Gasteiger partial charge is 0.390 e. The molecule has 0 bridgehead atoms. The molecule has 0 radical (unpaired) electrons. The fourth-order valence-electron chi connectivity index (χ4n) is 0.869. The second-order valence-corrected chi connectivity index (χ2v) is 2.53. The van der Waals surface area contributed by atoms with Crippen molar-refractivity contribution in [2.75, 3.05) is 0 Å². The highest BCUT2D eigenvalue weighted by molar-refractivity contribution is 6.33. The lowest BCUT2D eigenvalue weighted by atomic mass is 10.5. The van der Waals surface area contributed by atoms with Crippen molar-refractivity contribution in [3.05, 3.63) is 21.6 Å². The molecule has 2 heterocycles. The second-order valence-electron chi connectivity index (χ2n) is 2.17. The lowest BCUT2D eigenvalue weighted by molar-refractivity contribution is -0.394. The minimum absolute atomic E-state index is 0.00537. The molecule has 7 nitrogen and oxygen atoms in total. The largest absolute Gasteiger partial charge is 0.472 e. The summed E-state index contributed by atoms with van der Waals surface area (Å²) in [5, 5.41) is 10.3.